The summed E-state index contributed by atoms with van der Waals surface area (Å²) in [4.78, 5) is 116. The van der Waals surface area contributed by atoms with E-state index in [9.17, 15) is 192 Å². The quantitative estimate of drug-likeness (QED) is 0.0272. The first-order chi connectivity index (χ1) is 64.5. The van der Waals surface area contributed by atoms with Gasteiger partial charge in [0.25, 0.3) is 0 Å². The fourth-order valence-electron chi connectivity index (χ4n) is 15.8. The van der Waals surface area contributed by atoms with Gasteiger partial charge in [-0.3, -0.25) is 37.4 Å². The van der Waals surface area contributed by atoms with E-state index in [0.29, 0.717) is 13.8 Å². The van der Waals surface area contributed by atoms with Gasteiger partial charge in [-0.25, -0.2) is 40.7 Å². The van der Waals surface area contributed by atoms with Gasteiger partial charge in [0, 0.05) is 34.1 Å². The Hall–Kier alpha value is -7.51. The fourth-order valence-corrected chi connectivity index (χ4v) is 17.0. The van der Waals surface area contributed by atoms with Crippen molar-refractivity contribution in [2.45, 2.75) is 311 Å². The number of aliphatic hydroxyl groups is 14. The molecule has 27 N–H and O–H groups in total. The normalized spacial score (nSPS) is 41.4. The summed E-state index contributed by atoms with van der Waals surface area (Å²) in [7, 11) is -22.6. The number of carbonyl (C=O) groups is 9. The molecule has 4 amide bonds. The lowest BCUT2D eigenvalue weighted by Crippen LogP contribution is -2.71. The van der Waals surface area contributed by atoms with Crippen LogP contribution in [0.2, 0.25) is 0 Å². The van der Waals surface area contributed by atoms with Crippen LogP contribution >= 0.6 is 0 Å². The largest absolute Gasteiger partial charge is 0.479 e. The van der Waals surface area contributed by atoms with Crippen LogP contribution in [0.1, 0.15) is 39.7 Å². The maximum absolute atomic E-state index is 13.4. The Morgan fingerprint density at radius 1 is 0.295 bits per heavy atom. The van der Waals surface area contributed by atoms with Crippen LogP contribution in [0.3, 0.4) is 0 Å². The third-order valence-corrected chi connectivity index (χ3v) is 23.9. The van der Waals surface area contributed by atoms with Crippen molar-refractivity contribution in [3.8, 4) is 5.75 Å². The highest BCUT2D eigenvalue weighted by Gasteiger charge is 2.64. The van der Waals surface area contributed by atoms with Crippen LogP contribution in [-0.4, -0.2) is 499 Å². The lowest BCUT2D eigenvalue weighted by molar-refractivity contribution is -0.382. The highest BCUT2D eigenvalue weighted by molar-refractivity contribution is 7.81. The van der Waals surface area contributed by atoms with Gasteiger partial charge < -0.3 is 204 Å². The Labute approximate surface area is 780 Å². The Kier molecular flexibility index (Phi) is 38.1. The van der Waals surface area contributed by atoms with Crippen LogP contribution < -0.4 is 26.0 Å². The molecule has 9 fully saturated rings. The van der Waals surface area contributed by atoms with E-state index in [1.54, 1.807) is 19.1 Å². The Balaban J connectivity index is 0.864. The van der Waals surface area contributed by atoms with Crippen LogP contribution in [0.5, 0.6) is 5.75 Å². The number of carboxylic acids is 5. The summed E-state index contributed by atoms with van der Waals surface area (Å²) in [6.45, 7) is -1.69. The molecule has 1 aromatic rings. The lowest BCUT2D eigenvalue weighted by atomic mass is 9.93. The molecule has 66 nitrogen and oxygen atoms in total. The molecule has 9 heterocycles. The first kappa shape index (κ1) is 113. The van der Waals surface area contributed by atoms with Gasteiger partial charge in [-0.2, -0.15) is 33.7 Å². The molecule has 9 aliphatic rings. The predicted molar refractivity (Wildman–Crippen MR) is 416 cm³/mol. The van der Waals surface area contributed by atoms with Gasteiger partial charge in [0.15, 0.2) is 80.8 Å². The van der Waals surface area contributed by atoms with Crippen LogP contribution in [0.4, 0.5) is 0 Å². The number of rotatable bonds is 39. The minimum atomic E-state index is -5.74. The van der Waals surface area contributed by atoms with Crippen molar-refractivity contribution in [3.05, 3.63) is 29.8 Å². The van der Waals surface area contributed by atoms with Crippen molar-refractivity contribution < 1.29 is 294 Å². The second-order valence-corrected chi connectivity index (χ2v) is 36.6. The molecule has 0 radical (unpaired) electrons. The number of aliphatic carboxylic acids is 5. The molecule has 139 heavy (non-hydrogen) atoms. The summed E-state index contributed by atoms with van der Waals surface area (Å²) in [6.07, 6.45) is -102. The van der Waals surface area contributed by atoms with Gasteiger partial charge in [0.05, 0.1) is 32.5 Å². The molecule has 0 aromatic heterocycles. The molecule has 70 heteroatoms. The van der Waals surface area contributed by atoms with Crippen molar-refractivity contribution in [3.63, 3.8) is 0 Å². The van der Waals surface area contributed by atoms with E-state index in [0.717, 1.165) is 19.4 Å². The Morgan fingerprint density at radius 2 is 0.518 bits per heavy atom. The monoisotopic (exact) mass is 2100 g/mol. The second kappa shape index (κ2) is 46.7. The number of hydrogen-bond donors (Lipinski definition) is 27. The number of benzene rings is 1. The van der Waals surface area contributed by atoms with Crippen LogP contribution in [-0.2, 0) is 182 Å². The summed E-state index contributed by atoms with van der Waals surface area (Å²) in [5, 5.41) is 223. The number of aliphatic hydroxyl groups excluding tert-OH is 14. The van der Waals surface area contributed by atoms with E-state index in [1.807, 2.05) is 0 Å². The van der Waals surface area contributed by atoms with Crippen molar-refractivity contribution in [1.82, 2.24) is 21.3 Å². The minimum absolute atomic E-state index is 0.00849. The highest BCUT2D eigenvalue weighted by Crippen LogP contribution is 2.42. The van der Waals surface area contributed by atoms with E-state index in [1.165, 1.54) is 12.1 Å². The SMILES string of the molecule is CC(=O)NC1[C@H](O[C@@H]2C(C(=O)O)O[C@@H](Oc3ccc(C)cc3)C(O)[C@H]2O)OC(COS(=O)(=O)O)[C@@H](O[C@@H]2OC(C(=O)O)[C@@H](O[C@@H]3OC(COS(=O)(=O)O)[C@@H](O[C@@H]4OC(C(=O)O)[C@@H](O[C@@H]5OC(COS(=O)(=O)O)[C@@H](O[C@@H]6OC(C(=O)O)[C@@H](O[C@@H]7OC(COS(=O)(=O)O)[C@@H](O[C@@H]8OC(C(=O)O)C[C@H](O)C8O)[C@H](O)C7NC(C)=O)[C@H](O)C6O)[C@H](O)C5NC(C)=O)[C@H](O)C4O)[C@H](O)C3NC(C)=O)[C@H](O)C2O)[C@@H]1O. The number of ether oxygens (including phenoxy) is 18. The molecule has 9 aliphatic heterocycles. The molecule has 9 saturated heterocycles. The van der Waals surface area contributed by atoms with Crippen molar-refractivity contribution in [2.24, 2.45) is 0 Å². The van der Waals surface area contributed by atoms with E-state index in [-0.39, 0.29) is 5.75 Å². The van der Waals surface area contributed by atoms with Crippen LogP contribution in [0, 0.1) is 6.92 Å². The highest BCUT2D eigenvalue weighted by atomic mass is 32.3. The topological polar surface area (TPSA) is 1010 Å². The first-order valence-corrected chi connectivity index (χ1v) is 46.1. The second-order valence-electron chi connectivity index (χ2n) is 32.2. The molecule has 792 valence electrons. The molecule has 18 unspecified atom stereocenters. The molecule has 0 aliphatic carbocycles. The zero-order chi connectivity index (χ0) is 104. The summed E-state index contributed by atoms with van der Waals surface area (Å²) < 4.78 is 255. The Morgan fingerprint density at radius 3 is 0.741 bits per heavy atom. The third-order valence-electron chi connectivity index (χ3n) is 22.2. The summed E-state index contributed by atoms with van der Waals surface area (Å²) in [6, 6.07) is -3.29. The number of hydrogen-bond acceptors (Lipinski definition) is 53. The molecular formula is C69H100N4O62S4. The average molecular weight is 2110 g/mol. The summed E-state index contributed by atoms with van der Waals surface area (Å²) >= 11 is 0. The Bertz CT molecular complexity index is 4870. The van der Waals surface area contributed by atoms with Gasteiger partial charge in [0.2, 0.25) is 29.9 Å². The van der Waals surface area contributed by atoms with Gasteiger partial charge in [-0.1, -0.05) is 17.7 Å². The minimum Gasteiger partial charge on any atom is -0.479 e. The van der Waals surface area contributed by atoms with E-state index >= 15 is 0 Å². The average Bonchev–Trinajstić information content (AvgIpc) is 0.729. The molecule has 0 bridgehead atoms. The zero-order valence-electron chi connectivity index (χ0n) is 71.6. The fraction of sp³-hybridized carbons (Fsp3) is 0.783. The molecule has 10 rings (SSSR count). The number of carboxylic acid groups (broad SMARTS) is 5. The predicted octanol–water partition coefficient (Wildman–Crippen LogP) is -16.9. The molecule has 0 saturated carbocycles. The number of aryl methyl sites for hydroxylation is 1. The number of nitrogens with one attached hydrogen (secondary N) is 4. The molecule has 1 aromatic carbocycles. The molecular weight excluding hydrogens is 2000 g/mol. The van der Waals surface area contributed by atoms with E-state index < -0.39 is 398 Å². The third kappa shape index (κ3) is 28.6. The van der Waals surface area contributed by atoms with Crippen molar-refractivity contribution >= 4 is 95.1 Å². The van der Waals surface area contributed by atoms with Crippen molar-refractivity contribution in [2.75, 3.05) is 26.4 Å². The maximum Gasteiger partial charge on any atom is 0.397 e. The number of amides is 4. The first-order valence-electron chi connectivity index (χ1n) is 40.6. The van der Waals surface area contributed by atoms with Crippen molar-refractivity contribution in [1.29, 1.82) is 0 Å². The summed E-state index contributed by atoms with van der Waals surface area (Å²) in [5.41, 5.74) is 0.728. The molecule has 44 atom stereocenters. The van der Waals surface area contributed by atoms with Gasteiger partial charge in [-0.05, 0) is 19.1 Å². The van der Waals surface area contributed by atoms with E-state index in [2.05, 4.69) is 38.0 Å². The zero-order valence-corrected chi connectivity index (χ0v) is 74.9. The van der Waals surface area contributed by atoms with Gasteiger partial charge in [0.1, 0.15) is 183 Å². The van der Waals surface area contributed by atoms with E-state index in [4.69, 9.17) is 85.3 Å². The molecule has 0 spiro atoms. The van der Waals surface area contributed by atoms with Crippen LogP contribution in [0.15, 0.2) is 24.3 Å². The van der Waals surface area contributed by atoms with Gasteiger partial charge in [-0.15, -0.1) is 0 Å². The maximum atomic E-state index is 13.4. The van der Waals surface area contributed by atoms with Gasteiger partial charge >= 0.3 is 71.4 Å². The summed E-state index contributed by atoms with van der Waals surface area (Å²) in [5.74, 6) is -15.2. The smallest absolute Gasteiger partial charge is 0.397 e. The van der Waals surface area contributed by atoms with Crippen LogP contribution in [0.25, 0.3) is 0 Å². The lowest BCUT2D eigenvalue weighted by Gasteiger charge is -2.51. The standard InChI is InChI=1S/C69H100N4O62S4/c1-15-6-8-20(9-7-15)118-66-40(88)36(84)48(52(132-66)57(94)95)128-62-28(71-17(3)75)33(81)45(24(121-62)12-115-137(105,106)107)125-68-42(90)38(86)50(54(134-68)59(98)99)130-64-30(73-19(5)77)35(83)47(26(123-64)14-117-139(111,112)113)127-69-43(91)39(87)51(55(135-69)60(100)101)131-63-29(72-18(4)76)34(82)46(25(122-63)13-116-138(108,109)110)126-67-41(89)37(85)49(53(133-67)58(96)97)129-61-27(70-16(2)74)32(80)44(23(120-61)11-114-136(102,103)104)124-65-31(79)21(78)10-22(119-65)56(92)93/h6-9,21-55,61-69,78-91H,10-14H2,1-5H3,(H,70,74)(H,71,75)(H,72,76)(H,73,77)(H,92,93)(H,94,95)(H,96,97)(H,98,99)(H,100,101)(H,102,103,104)(H,105,106,107)(H,108,109,110)(H,111,112,113)/t21-,22?,23?,24?,25?,26?,27?,28?,29?,30?,31?,32+,33+,34+,35+,36+,37+,38+,39+,40?,41?,42?,43?,44+,45+,46+,47+,48-,49-,50-,51-,52?,53?,54?,55?,61-,62-,63-,64-,65-,66+,67+,68+,69+/m0/s1. The number of carbonyl (C=O) groups excluding carboxylic acids is 4.